The molecule has 1 unspecified atom stereocenters. The molecular weight excluding hydrogens is 160 g/mol. The fourth-order valence-electron chi connectivity index (χ4n) is 0.977. The molecule has 0 bridgehead atoms. The minimum Gasteiger partial charge on any atom is -0.378 e. The summed E-state index contributed by atoms with van der Waals surface area (Å²) in [6, 6.07) is 0. The summed E-state index contributed by atoms with van der Waals surface area (Å²) in [6.45, 7) is 3.63. The summed E-state index contributed by atoms with van der Waals surface area (Å²) in [4.78, 5) is 14.4. The van der Waals surface area contributed by atoms with Crippen molar-refractivity contribution in [2.45, 2.75) is 45.1 Å². The third kappa shape index (κ3) is 2.79. The number of aliphatic hydroxyl groups is 1. The van der Waals surface area contributed by atoms with E-state index >= 15 is 0 Å². The number of hydrogen-bond donors (Lipinski definition) is 2. The van der Waals surface area contributed by atoms with E-state index < -0.39 is 11.6 Å². The minimum absolute atomic E-state index is 0.256. The van der Waals surface area contributed by atoms with Crippen LogP contribution >= 0.6 is 0 Å². The van der Waals surface area contributed by atoms with Gasteiger partial charge in [0, 0.05) is 0 Å². The van der Waals surface area contributed by atoms with Gasteiger partial charge in [0.15, 0.2) is 5.60 Å². The van der Waals surface area contributed by atoms with E-state index in [0.717, 1.165) is 12.8 Å². The quantitative estimate of drug-likeness (QED) is 0.490. The number of hydrogen-bond acceptors (Lipinski definition) is 4. The van der Waals surface area contributed by atoms with Crippen LogP contribution in [0.1, 0.15) is 39.5 Å². The van der Waals surface area contributed by atoms with Gasteiger partial charge in [-0.15, -0.1) is 0 Å². The van der Waals surface area contributed by atoms with Gasteiger partial charge in [-0.05, 0) is 12.8 Å². The summed E-state index contributed by atoms with van der Waals surface area (Å²) in [6.07, 6.45) is 2.21. The highest BCUT2D eigenvalue weighted by molar-refractivity contribution is 5.78. The van der Waals surface area contributed by atoms with Crippen LogP contribution in [0.4, 0.5) is 0 Å². The largest absolute Gasteiger partial charge is 0.378 e. The first-order chi connectivity index (χ1) is 5.60. The Bertz CT molecular complexity index is 146. The normalized spacial score (nSPS) is 15.3. The van der Waals surface area contributed by atoms with Crippen molar-refractivity contribution in [1.29, 1.82) is 0 Å². The van der Waals surface area contributed by atoms with E-state index in [0.29, 0.717) is 6.42 Å². The fraction of sp³-hybridized carbons (Fsp3) is 0.875. The highest BCUT2D eigenvalue weighted by Gasteiger charge is 2.35. The highest BCUT2D eigenvalue weighted by Crippen LogP contribution is 2.19. The number of carbonyl (C=O) groups is 1. The topological polar surface area (TPSA) is 66.8 Å². The number of rotatable bonds is 5. The van der Waals surface area contributed by atoms with Gasteiger partial charge in [-0.1, -0.05) is 26.7 Å². The van der Waals surface area contributed by atoms with Crippen LogP contribution in [0.5, 0.6) is 0 Å². The molecular formula is C8H16O4. The van der Waals surface area contributed by atoms with E-state index in [1.807, 2.05) is 6.92 Å². The molecule has 0 heterocycles. The van der Waals surface area contributed by atoms with Crippen molar-refractivity contribution < 1.29 is 20.0 Å². The second-order valence-electron chi connectivity index (χ2n) is 2.87. The van der Waals surface area contributed by atoms with Gasteiger partial charge < -0.3 is 5.11 Å². The standard InChI is InChI=1S/C8H16O4/c1-3-5-6-8(10,4-2)7(9)12-11/h10-11H,3-6H2,1-2H3. The van der Waals surface area contributed by atoms with Crippen molar-refractivity contribution in [2.75, 3.05) is 0 Å². The first-order valence-electron chi connectivity index (χ1n) is 4.19. The zero-order valence-electron chi connectivity index (χ0n) is 7.54. The van der Waals surface area contributed by atoms with Crippen LogP contribution in [0.15, 0.2) is 0 Å². The van der Waals surface area contributed by atoms with Crippen LogP contribution in [0.3, 0.4) is 0 Å². The van der Waals surface area contributed by atoms with Gasteiger partial charge in [0.2, 0.25) is 0 Å². The Hall–Kier alpha value is -0.610. The zero-order valence-corrected chi connectivity index (χ0v) is 7.54. The number of carbonyl (C=O) groups excluding carboxylic acids is 1. The number of unbranched alkanes of at least 4 members (excludes halogenated alkanes) is 1. The van der Waals surface area contributed by atoms with Gasteiger partial charge in [-0.2, -0.15) is 5.26 Å². The maximum atomic E-state index is 10.8. The lowest BCUT2D eigenvalue weighted by Crippen LogP contribution is -2.38. The molecule has 0 rings (SSSR count). The molecule has 0 aromatic heterocycles. The van der Waals surface area contributed by atoms with Gasteiger partial charge in [0.1, 0.15) is 0 Å². The van der Waals surface area contributed by atoms with Gasteiger partial charge >= 0.3 is 5.97 Å². The Labute approximate surface area is 72.1 Å². The molecule has 0 saturated heterocycles. The molecule has 4 nitrogen and oxygen atoms in total. The molecule has 4 heteroatoms. The predicted octanol–water partition coefficient (Wildman–Crippen LogP) is 1.33. The Morgan fingerprint density at radius 1 is 1.50 bits per heavy atom. The molecule has 0 aliphatic rings. The van der Waals surface area contributed by atoms with Gasteiger partial charge in [-0.3, -0.25) is 4.89 Å². The summed E-state index contributed by atoms with van der Waals surface area (Å²) in [5.74, 6) is -0.960. The van der Waals surface area contributed by atoms with Crippen molar-refractivity contribution >= 4 is 5.97 Å². The molecule has 0 aromatic rings. The molecule has 0 spiro atoms. The average molecular weight is 176 g/mol. The molecule has 72 valence electrons. The van der Waals surface area contributed by atoms with Crippen LogP contribution in [0.25, 0.3) is 0 Å². The molecule has 0 fully saturated rings. The lowest BCUT2D eigenvalue weighted by atomic mass is 9.94. The first-order valence-corrected chi connectivity index (χ1v) is 4.19. The zero-order chi connectivity index (χ0) is 9.61. The fourth-order valence-corrected chi connectivity index (χ4v) is 0.977. The molecule has 0 radical (unpaired) electrons. The maximum absolute atomic E-state index is 10.8. The lowest BCUT2D eigenvalue weighted by Gasteiger charge is -2.21. The van der Waals surface area contributed by atoms with Crippen LogP contribution in [0.2, 0.25) is 0 Å². The third-order valence-electron chi connectivity index (χ3n) is 1.99. The van der Waals surface area contributed by atoms with Crippen LogP contribution in [-0.4, -0.2) is 21.9 Å². The summed E-state index contributed by atoms with van der Waals surface area (Å²) in [7, 11) is 0. The van der Waals surface area contributed by atoms with Crippen molar-refractivity contribution in [2.24, 2.45) is 0 Å². The Kier molecular flexibility index (Phi) is 4.85. The van der Waals surface area contributed by atoms with E-state index in [4.69, 9.17) is 5.26 Å². The van der Waals surface area contributed by atoms with E-state index in [1.165, 1.54) is 0 Å². The third-order valence-corrected chi connectivity index (χ3v) is 1.99. The average Bonchev–Trinajstić information content (AvgIpc) is 2.12. The van der Waals surface area contributed by atoms with E-state index in [-0.39, 0.29) is 6.42 Å². The maximum Gasteiger partial charge on any atom is 0.373 e. The summed E-state index contributed by atoms with van der Waals surface area (Å²) in [5.41, 5.74) is -1.51. The lowest BCUT2D eigenvalue weighted by molar-refractivity contribution is -0.252. The van der Waals surface area contributed by atoms with Crippen LogP contribution < -0.4 is 0 Å². The highest BCUT2D eigenvalue weighted by atomic mass is 17.1. The predicted molar refractivity (Wildman–Crippen MR) is 43.5 cm³/mol. The summed E-state index contributed by atoms with van der Waals surface area (Å²) in [5, 5.41) is 17.7. The molecule has 0 aliphatic heterocycles. The van der Waals surface area contributed by atoms with E-state index in [9.17, 15) is 9.90 Å². The summed E-state index contributed by atoms with van der Waals surface area (Å²) < 4.78 is 0. The van der Waals surface area contributed by atoms with Crippen molar-refractivity contribution in [3.8, 4) is 0 Å². The Morgan fingerprint density at radius 2 is 2.08 bits per heavy atom. The Morgan fingerprint density at radius 3 is 2.42 bits per heavy atom. The monoisotopic (exact) mass is 176 g/mol. The smallest absolute Gasteiger partial charge is 0.373 e. The second kappa shape index (κ2) is 5.11. The molecule has 0 saturated carbocycles. The first kappa shape index (κ1) is 11.4. The van der Waals surface area contributed by atoms with Crippen LogP contribution in [0, 0.1) is 0 Å². The Balaban J connectivity index is 4.13. The van der Waals surface area contributed by atoms with Crippen molar-refractivity contribution in [3.05, 3.63) is 0 Å². The molecule has 2 N–H and O–H groups in total. The van der Waals surface area contributed by atoms with E-state index in [2.05, 4.69) is 4.89 Å². The SMILES string of the molecule is CCCCC(O)(CC)C(=O)OO. The molecule has 0 amide bonds. The summed E-state index contributed by atoms with van der Waals surface area (Å²) >= 11 is 0. The van der Waals surface area contributed by atoms with Crippen molar-refractivity contribution in [3.63, 3.8) is 0 Å². The van der Waals surface area contributed by atoms with Gasteiger partial charge in [0.05, 0.1) is 0 Å². The molecule has 12 heavy (non-hydrogen) atoms. The minimum atomic E-state index is -1.51. The molecule has 1 atom stereocenters. The van der Waals surface area contributed by atoms with Crippen LogP contribution in [-0.2, 0) is 9.68 Å². The van der Waals surface area contributed by atoms with Crippen molar-refractivity contribution in [1.82, 2.24) is 0 Å². The second-order valence-corrected chi connectivity index (χ2v) is 2.87. The molecule has 0 aromatic carbocycles. The molecule has 0 aliphatic carbocycles. The van der Waals surface area contributed by atoms with Gasteiger partial charge in [0.25, 0.3) is 0 Å². The van der Waals surface area contributed by atoms with Gasteiger partial charge in [-0.25, -0.2) is 4.79 Å². The van der Waals surface area contributed by atoms with E-state index in [1.54, 1.807) is 6.92 Å².